The summed E-state index contributed by atoms with van der Waals surface area (Å²) in [6.07, 6.45) is 7.24. The summed E-state index contributed by atoms with van der Waals surface area (Å²) in [4.78, 5) is 47.6. The van der Waals surface area contributed by atoms with Gasteiger partial charge in [0.2, 0.25) is 12.2 Å². The molecule has 6 N–H and O–H groups in total. The molecular formula is C55H65N3O14. The van der Waals surface area contributed by atoms with Crippen molar-refractivity contribution in [1.29, 1.82) is 0 Å². The van der Waals surface area contributed by atoms with Crippen molar-refractivity contribution in [3.8, 4) is 23.0 Å². The molecule has 11 atom stereocenters. The number of aromatic nitrogens is 2. The van der Waals surface area contributed by atoms with E-state index in [4.69, 9.17) is 33.4 Å². The molecule has 7 aliphatic rings. The molecular weight excluding hydrogens is 927 g/mol. The SMILES string of the molecule is COC(=O)/C(C)=C\CC1(O)C(=O)C2CC(C(C)C)C13Oc1c(CC=C(C)C)c4c(c(OC(=O)c5ccc(O[C@@H]6O[C@H](CO)[C@@H](O)[C@H](O)[C@H]6O)cc5)c1C1=C3C2n2ccnc2N1)C=CC(C)(CCC=C(C)C)O4. The second-order valence-corrected chi connectivity index (χ2v) is 20.9. The lowest BCUT2D eigenvalue weighted by atomic mass is 9.46. The van der Waals surface area contributed by atoms with E-state index in [9.17, 15) is 35.1 Å². The molecule has 6 unspecified atom stereocenters. The van der Waals surface area contributed by atoms with Gasteiger partial charge in [-0.2, -0.15) is 0 Å². The van der Waals surface area contributed by atoms with Crippen LogP contribution in [0, 0.1) is 17.8 Å². The number of fused-ring (bicyclic) bond motifs is 6. The average Bonchev–Trinajstić information content (AvgIpc) is 3.83. The number of nitrogens with zero attached hydrogens (tertiary/aromatic N) is 2. The number of rotatable bonds is 14. The lowest BCUT2D eigenvalue weighted by molar-refractivity contribution is -0.277. The van der Waals surface area contributed by atoms with E-state index in [1.807, 2.05) is 71.3 Å². The van der Waals surface area contributed by atoms with E-state index >= 15 is 4.79 Å². The number of methoxy groups -OCH3 is 1. The fourth-order valence-corrected chi connectivity index (χ4v) is 11.4. The smallest absolute Gasteiger partial charge is 0.343 e. The van der Waals surface area contributed by atoms with Gasteiger partial charge in [0.05, 0.1) is 42.1 Å². The van der Waals surface area contributed by atoms with Crippen LogP contribution >= 0.6 is 0 Å². The molecule has 3 aromatic rings. The third kappa shape index (κ3) is 8.27. The number of ketones is 1. The van der Waals surface area contributed by atoms with Gasteiger partial charge in [0.1, 0.15) is 47.3 Å². The van der Waals surface area contributed by atoms with Gasteiger partial charge in [0, 0.05) is 47.4 Å². The topological polar surface area (TPSA) is 238 Å². The molecule has 2 bridgehead atoms. The van der Waals surface area contributed by atoms with E-state index in [1.165, 1.54) is 31.4 Å². The molecule has 4 aliphatic heterocycles. The molecule has 17 nitrogen and oxygen atoms in total. The number of hydrogen-bond acceptors (Lipinski definition) is 16. The normalized spacial score (nSPS) is 30.7. The minimum Gasteiger partial charge on any atom is -0.482 e. The number of anilines is 1. The standard InChI is InChI=1S/C55H65N3O14/c1-27(2)11-10-20-53(8)21-19-34-45(71-53)33(17-12-28(3)4)47-38(46(34)70-50(65)31-13-15-32(16-14-31)68-51-44(62)43(61)42(60)37(26-59)69-51)40-39-41(58-24-23-56-52(58)57-40)35-25-36(29(5)6)55(39,72-47)54(66,48(35)63)22-18-30(7)49(64)67-9/h11-16,18-19,21,23-24,29,35-37,41-44,51,59-62,66H,10,17,20,22,25-26H2,1-9H3,(H,56,57)/b30-18-/t35?,36?,37-,41?,42-,43+,44-,51-,53?,54?,55?/m1/s1. The Hall–Kier alpha value is -6.08. The Morgan fingerprint density at radius 2 is 1.71 bits per heavy atom. The molecule has 0 radical (unpaired) electrons. The Balaban J connectivity index is 1.25. The Bertz CT molecular complexity index is 2830. The van der Waals surface area contributed by atoms with Gasteiger partial charge in [0.25, 0.3) is 0 Å². The molecule has 3 aliphatic carbocycles. The van der Waals surface area contributed by atoms with Crippen LogP contribution < -0.4 is 24.3 Å². The van der Waals surface area contributed by atoms with Gasteiger partial charge in [-0.1, -0.05) is 43.2 Å². The number of carbonyl (C=O) groups excluding carboxylic acids is 3. The predicted octanol–water partition coefficient (Wildman–Crippen LogP) is 6.32. The van der Waals surface area contributed by atoms with Crippen molar-refractivity contribution < 1.29 is 68.3 Å². The first-order valence-electron chi connectivity index (χ1n) is 24.6. The molecule has 3 saturated carbocycles. The van der Waals surface area contributed by atoms with Crippen molar-refractivity contribution in [2.75, 3.05) is 19.0 Å². The fourth-order valence-electron chi connectivity index (χ4n) is 11.4. The van der Waals surface area contributed by atoms with Gasteiger partial charge in [-0.15, -0.1) is 0 Å². The highest BCUT2D eigenvalue weighted by Crippen LogP contribution is 2.69. The maximum absolute atomic E-state index is 15.3. The van der Waals surface area contributed by atoms with E-state index in [0.717, 1.165) is 11.1 Å². The zero-order valence-electron chi connectivity index (χ0n) is 42.1. The Morgan fingerprint density at radius 3 is 2.38 bits per heavy atom. The number of allylic oxidation sites excluding steroid dienone is 4. The molecule has 1 aromatic heterocycles. The van der Waals surface area contributed by atoms with Gasteiger partial charge in [-0.3, -0.25) is 4.79 Å². The zero-order chi connectivity index (χ0) is 51.8. The predicted molar refractivity (Wildman–Crippen MR) is 264 cm³/mol. The van der Waals surface area contributed by atoms with Gasteiger partial charge >= 0.3 is 11.9 Å². The molecule has 1 spiro atoms. The number of nitrogens with one attached hydrogen (secondary N) is 1. The van der Waals surface area contributed by atoms with Crippen LogP contribution in [0.4, 0.5) is 5.95 Å². The van der Waals surface area contributed by atoms with Gasteiger partial charge in [-0.25, -0.2) is 14.6 Å². The summed E-state index contributed by atoms with van der Waals surface area (Å²) < 4.78 is 39.8. The third-order valence-corrected chi connectivity index (χ3v) is 15.2. The van der Waals surface area contributed by atoms with E-state index < -0.39 is 89.7 Å². The van der Waals surface area contributed by atoms with Crippen molar-refractivity contribution in [2.24, 2.45) is 17.8 Å². The monoisotopic (exact) mass is 991 g/mol. The van der Waals surface area contributed by atoms with Crippen molar-refractivity contribution in [3.63, 3.8) is 0 Å². The van der Waals surface area contributed by atoms with Crippen LogP contribution in [-0.2, 0) is 25.5 Å². The first-order valence-corrected chi connectivity index (χ1v) is 24.6. The van der Waals surface area contributed by atoms with Crippen LogP contribution in [0.5, 0.6) is 23.0 Å². The lowest BCUT2D eigenvalue weighted by Gasteiger charge is -2.66. The zero-order valence-corrected chi connectivity index (χ0v) is 42.1. The number of imidazole rings is 1. The van der Waals surface area contributed by atoms with Crippen LogP contribution in [0.25, 0.3) is 11.8 Å². The van der Waals surface area contributed by atoms with Crippen molar-refractivity contribution in [2.45, 2.75) is 141 Å². The fraction of sp³-hybridized carbons (Fsp3) is 0.491. The van der Waals surface area contributed by atoms with Crippen LogP contribution in [-0.4, -0.2) is 114 Å². The number of ether oxygens (including phenoxy) is 6. The number of aliphatic hydroxyl groups is 5. The van der Waals surface area contributed by atoms with Crippen molar-refractivity contribution >= 4 is 35.4 Å². The first-order chi connectivity index (χ1) is 34.2. The van der Waals surface area contributed by atoms with E-state index in [0.29, 0.717) is 58.9 Å². The molecule has 0 amide bonds. The van der Waals surface area contributed by atoms with Crippen LogP contribution in [0.15, 0.2) is 83.3 Å². The number of benzene rings is 2. The minimum atomic E-state index is -2.21. The quantitative estimate of drug-likeness (QED) is 0.0448. The van der Waals surface area contributed by atoms with Crippen LogP contribution in [0.1, 0.15) is 114 Å². The molecule has 2 aromatic carbocycles. The van der Waals surface area contributed by atoms with Gasteiger partial charge in [-0.05, 0) is 110 Å². The molecule has 5 heterocycles. The maximum Gasteiger partial charge on any atom is 0.343 e. The van der Waals surface area contributed by atoms with Crippen molar-refractivity contribution in [3.05, 3.63) is 106 Å². The maximum atomic E-state index is 15.3. The summed E-state index contributed by atoms with van der Waals surface area (Å²) in [7, 11) is 1.27. The summed E-state index contributed by atoms with van der Waals surface area (Å²) in [6.45, 7) is 15.1. The average molecular weight is 992 g/mol. The molecule has 72 heavy (non-hydrogen) atoms. The van der Waals surface area contributed by atoms with E-state index in [-0.39, 0.29) is 47.1 Å². The second-order valence-electron chi connectivity index (χ2n) is 20.9. The lowest BCUT2D eigenvalue weighted by Crippen LogP contribution is -2.78. The number of esters is 2. The third-order valence-electron chi connectivity index (χ3n) is 15.2. The summed E-state index contributed by atoms with van der Waals surface area (Å²) >= 11 is 0. The van der Waals surface area contributed by atoms with E-state index in [2.05, 4.69) is 11.4 Å². The number of hydrogen-bond donors (Lipinski definition) is 6. The highest BCUT2D eigenvalue weighted by Gasteiger charge is 2.76. The minimum absolute atomic E-state index is 0.0950. The van der Waals surface area contributed by atoms with Crippen LogP contribution in [0.2, 0.25) is 0 Å². The Kier molecular flexibility index (Phi) is 13.5. The van der Waals surface area contributed by atoms with E-state index in [1.54, 1.807) is 25.4 Å². The summed E-state index contributed by atoms with van der Waals surface area (Å²) in [5.74, 6) is -1.82. The summed E-state index contributed by atoms with van der Waals surface area (Å²) in [5.41, 5.74) is 0.179. The molecule has 10 rings (SSSR count). The molecule has 384 valence electrons. The largest absolute Gasteiger partial charge is 0.482 e. The highest BCUT2D eigenvalue weighted by atomic mass is 16.7. The molecule has 4 fully saturated rings. The molecule has 17 heteroatoms. The Labute approximate surface area is 418 Å². The molecule has 1 saturated heterocycles. The number of carbonyl (C=O) groups is 3. The highest BCUT2D eigenvalue weighted by molar-refractivity contribution is 6.03. The number of aliphatic hydroxyl groups excluding tert-OH is 4. The summed E-state index contributed by atoms with van der Waals surface area (Å²) in [6, 6.07) is 5.16. The van der Waals surface area contributed by atoms with Crippen LogP contribution in [0.3, 0.4) is 0 Å². The second kappa shape index (κ2) is 19.1. The van der Waals surface area contributed by atoms with Gasteiger partial charge < -0.3 is 63.8 Å². The summed E-state index contributed by atoms with van der Waals surface area (Å²) in [5, 5.41) is 58.1. The first kappa shape index (κ1) is 50.8. The van der Waals surface area contributed by atoms with Gasteiger partial charge in [0.15, 0.2) is 22.7 Å². The Morgan fingerprint density at radius 1 is 0.986 bits per heavy atom. The number of Topliss-reactive ketones (excluding diaryl/α,β-unsaturated/α-hetero) is 1. The van der Waals surface area contributed by atoms with Crippen molar-refractivity contribution in [1.82, 2.24) is 9.55 Å².